The molecule has 0 atom stereocenters. The van der Waals surface area contributed by atoms with Crippen molar-refractivity contribution >= 4 is 22.2 Å². The van der Waals surface area contributed by atoms with Crippen molar-refractivity contribution < 1.29 is 0 Å². The lowest BCUT2D eigenvalue weighted by atomic mass is 10.1. The number of hydrogen-bond acceptors (Lipinski definition) is 3. The molecule has 0 spiro atoms. The molecule has 4 nitrogen and oxygen atoms in total. The van der Waals surface area contributed by atoms with E-state index in [0.717, 1.165) is 35.3 Å². The SMILES string of the molecule is O=c1cc(N2CCCCC2)n2ccc3ccccc3c2n1. The monoisotopic (exact) mass is 279 g/mol. The Morgan fingerprint density at radius 2 is 1.81 bits per heavy atom. The Kier molecular flexibility index (Phi) is 2.88. The maximum Gasteiger partial charge on any atom is 0.275 e. The van der Waals surface area contributed by atoms with Gasteiger partial charge < -0.3 is 4.90 Å². The summed E-state index contributed by atoms with van der Waals surface area (Å²) in [5, 5.41) is 2.14. The first-order valence-corrected chi connectivity index (χ1v) is 7.49. The molecule has 2 aromatic heterocycles. The van der Waals surface area contributed by atoms with Gasteiger partial charge in [-0.05, 0) is 30.7 Å². The Bertz CT molecular complexity index is 863. The molecule has 1 fully saturated rings. The van der Waals surface area contributed by atoms with E-state index in [0.29, 0.717) is 0 Å². The van der Waals surface area contributed by atoms with Crippen LogP contribution in [0, 0.1) is 0 Å². The fourth-order valence-electron chi connectivity index (χ4n) is 3.18. The number of anilines is 1. The van der Waals surface area contributed by atoms with Crippen LogP contribution in [0.3, 0.4) is 0 Å². The summed E-state index contributed by atoms with van der Waals surface area (Å²) in [6.45, 7) is 2.02. The van der Waals surface area contributed by atoms with Gasteiger partial charge in [-0.2, -0.15) is 4.98 Å². The van der Waals surface area contributed by atoms with Gasteiger partial charge in [-0.25, -0.2) is 0 Å². The van der Waals surface area contributed by atoms with Crippen LogP contribution < -0.4 is 10.5 Å². The van der Waals surface area contributed by atoms with Crippen LogP contribution >= 0.6 is 0 Å². The zero-order chi connectivity index (χ0) is 14.2. The molecular weight excluding hydrogens is 262 g/mol. The molecule has 106 valence electrons. The lowest BCUT2D eigenvalue weighted by molar-refractivity contribution is 0.571. The summed E-state index contributed by atoms with van der Waals surface area (Å²) in [5.74, 6) is 0.968. The predicted octanol–water partition coefficient (Wildman–Crippen LogP) is 2.84. The van der Waals surface area contributed by atoms with Crippen LogP contribution in [0.5, 0.6) is 0 Å². The molecule has 1 aliphatic rings. The number of fused-ring (bicyclic) bond motifs is 3. The first-order chi connectivity index (χ1) is 10.3. The van der Waals surface area contributed by atoms with E-state index in [2.05, 4.69) is 26.4 Å². The Balaban J connectivity index is 2.02. The number of benzene rings is 1. The van der Waals surface area contributed by atoms with Crippen molar-refractivity contribution in [2.45, 2.75) is 19.3 Å². The molecule has 4 rings (SSSR count). The van der Waals surface area contributed by atoms with E-state index in [1.807, 2.05) is 24.4 Å². The highest BCUT2D eigenvalue weighted by Crippen LogP contribution is 2.23. The van der Waals surface area contributed by atoms with Gasteiger partial charge in [-0.1, -0.05) is 24.3 Å². The smallest absolute Gasteiger partial charge is 0.275 e. The molecule has 0 bridgehead atoms. The van der Waals surface area contributed by atoms with Gasteiger partial charge in [0.05, 0.1) is 0 Å². The topological polar surface area (TPSA) is 37.6 Å². The molecule has 1 aromatic carbocycles. The van der Waals surface area contributed by atoms with Crippen LogP contribution in [0.4, 0.5) is 5.82 Å². The molecule has 3 aromatic rings. The van der Waals surface area contributed by atoms with E-state index in [9.17, 15) is 4.79 Å². The van der Waals surface area contributed by atoms with E-state index in [1.165, 1.54) is 19.3 Å². The first kappa shape index (κ1) is 12.4. The van der Waals surface area contributed by atoms with Gasteiger partial charge in [0.1, 0.15) is 11.5 Å². The van der Waals surface area contributed by atoms with Crippen molar-refractivity contribution in [2.75, 3.05) is 18.0 Å². The van der Waals surface area contributed by atoms with E-state index < -0.39 is 0 Å². The van der Waals surface area contributed by atoms with Gasteiger partial charge in [-0.15, -0.1) is 0 Å². The Morgan fingerprint density at radius 3 is 2.67 bits per heavy atom. The fourth-order valence-corrected chi connectivity index (χ4v) is 3.18. The number of rotatable bonds is 1. The van der Waals surface area contributed by atoms with Crippen molar-refractivity contribution in [1.82, 2.24) is 9.38 Å². The molecule has 1 aliphatic heterocycles. The zero-order valence-corrected chi connectivity index (χ0v) is 11.8. The van der Waals surface area contributed by atoms with Gasteiger partial charge in [0.25, 0.3) is 5.56 Å². The molecule has 0 saturated carbocycles. The molecule has 1 saturated heterocycles. The Labute approximate surface area is 122 Å². The molecule has 3 heterocycles. The normalized spacial score (nSPS) is 15.7. The van der Waals surface area contributed by atoms with E-state index in [1.54, 1.807) is 6.07 Å². The lowest BCUT2D eigenvalue weighted by Crippen LogP contribution is -2.32. The summed E-state index contributed by atoms with van der Waals surface area (Å²) < 4.78 is 2.05. The molecule has 21 heavy (non-hydrogen) atoms. The largest absolute Gasteiger partial charge is 0.358 e. The molecule has 0 aliphatic carbocycles. The average Bonchev–Trinajstić information content (AvgIpc) is 2.55. The Hall–Kier alpha value is -2.36. The van der Waals surface area contributed by atoms with E-state index in [-0.39, 0.29) is 5.56 Å². The van der Waals surface area contributed by atoms with E-state index in [4.69, 9.17) is 0 Å². The van der Waals surface area contributed by atoms with Gasteiger partial charge >= 0.3 is 0 Å². The minimum atomic E-state index is -0.160. The minimum absolute atomic E-state index is 0.160. The summed E-state index contributed by atoms with van der Waals surface area (Å²) in [6.07, 6.45) is 5.67. The van der Waals surface area contributed by atoms with Crippen LogP contribution in [-0.4, -0.2) is 22.5 Å². The van der Waals surface area contributed by atoms with Crippen molar-refractivity contribution in [3.63, 3.8) is 0 Å². The van der Waals surface area contributed by atoms with Crippen LogP contribution in [0.2, 0.25) is 0 Å². The second-order valence-electron chi connectivity index (χ2n) is 5.60. The highest BCUT2D eigenvalue weighted by atomic mass is 16.1. The lowest BCUT2D eigenvalue weighted by Gasteiger charge is -2.29. The summed E-state index contributed by atoms with van der Waals surface area (Å²) in [5.41, 5.74) is 0.591. The van der Waals surface area contributed by atoms with Crippen molar-refractivity contribution in [1.29, 1.82) is 0 Å². The van der Waals surface area contributed by atoms with E-state index >= 15 is 0 Å². The third kappa shape index (κ3) is 2.07. The summed E-state index contributed by atoms with van der Waals surface area (Å²) in [4.78, 5) is 18.6. The van der Waals surface area contributed by atoms with Crippen LogP contribution in [0.1, 0.15) is 19.3 Å². The predicted molar refractivity (Wildman–Crippen MR) is 85.0 cm³/mol. The third-order valence-electron chi connectivity index (χ3n) is 4.23. The fraction of sp³-hybridized carbons (Fsp3) is 0.294. The van der Waals surface area contributed by atoms with Crippen LogP contribution in [0.25, 0.3) is 16.4 Å². The molecular formula is C17H17N3O. The molecule has 0 radical (unpaired) electrons. The number of pyridine rings is 1. The van der Waals surface area contributed by atoms with Crippen LogP contribution in [0.15, 0.2) is 47.4 Å². The molecule has 0 N–H and O–H groups in total. The summed E-state index contributed by atoms with van der Waals surface area (Å²) >= 11 is 0. The van der Waals surface area contributed by atoms with Crippen molar-refractivity contribution in [3.05, 3.63) is 52.9 Å². The number of nitrogens with zero attached hydrogens (tertiary/aromatic N) is 3. The summed E-state index contributed by atoms with van der Waals surface area (Å²) in [6, 6.07) is 11.8. The van der Waals surface area contributed by atoms with Crippen LogP contribution in [-0.2, 0) is 0 Å². The molecule has 4 heteroatoms. The maximum absolute atomic E-state index is 12.0. The van der Waals surface area contributed by atoms with Gasteiger partial charge in [0.15, 0.2) is 0 Å². The van der Waals surface area contributed by atoms with Gasteiger partial charge in [0, 0.05) is 30.7 Å². The van der Waals surface area contributed by atoms with Gasteiger partial charge in [-0.3, -0.25) is 9.20 Å². The highest BCUT2D eigenvalue weighted by molar-refractivity contribution is 5.94. The second-order valence-corrected chi connectivity index (χ2v) is 5.60. The standard InChI is InChI=1S/C17H17N3O/c21-15-12-16(19-9-4-1-5-10-19)20-11-8-13-6-2-3-7-14(13)17(20)18-15/h2-3,6-8,11-12H,1,4-5,9-10H2. The minimum Gasteiger partial charge on any atom is -0.358 e. The average molecular weight is 279 g/mol. The van der Waals surface area contributed by atoms with Crippen molar-refractivity contribution in [2.24, 2.45) is 0 Å². The van der Waals surface area contributed by atoms with Crippen molar-refractivity contribution in [3.8, 4) is 0 Å². The Morgan fingerprint density at radius 1 is 1.00 bits per heavy atom. The number of hydrogen-bond donors (Lipinski definition) is 0. The molecule has 0 amide bonds. The zero-order valence-electron chi connectivity index (χ0n) is 11.8. The number of aromatic nitrogens is 2. The maximum atomic E-state index is 12.0. The van der Waals surface area contributed by atoms with Gasteiger partial charge in [0.2, 0.25) is 0 Å². The quantitative estimate of drug-likeness (QED) is 0.643. The highest BCUT2D eigenvalue weighted by Gasteiger charge is 2.15. The number of piperidine rings is 1. The first-order valence-electron chi connectivity index (χ1n) is 7.49. The second kappa shape index (κ2) is 4.88. The summed E-state index contributed by atoms with van der Waals surface area (Å²) in [7, 11) is 0. The third-order valence-corrected chi connectivity index (χ3v) is 4.23. The molecule has 0 unspecified atom stereocenters.